The van der Waals surface area contributed by atoms with Gasteiger partial charge in [0.1, 0.15) is 22.6 Å². The van der Waals surface area contributed by atoms with Crippen LogP contribution < -0.4 is 14.8 Å². The Morgan fingerprint density at radius 1 is 1.06 bits per heavy atom. The molecule has 0 unspecified atom stereocenters. The van der Waals surface area contributed by atoms with Gasteiger partial charge in [0.25, 0.3) is 0 Å². The van der Waals surface area contributed by atoms with Crippen LogP contribution in [0.2, 0.25) is 0 Å². The average molecular weight is 489 g/mol. The summed E-state index contributed by atoms with van der Waals surface area (Å²) in [6.45, 7) is 0. The number of pyridine rings is 1. The van der Waals surface area contributed by atoms with Crippen LogP contribution >= 0.6 is 23.1 Å². The SMILES string of the molecule is COc1ccc(-c2cc(-c3ccc(OC)cc3)c(C#N)c(SCC(=O)Nc3nccs3)n2)cc1. The molecule has 0 saturated heterocycles. The van der Waals surface area contributed by atoms with E-state index in [0.717, 1.165) is 28.2 Å². The van der Waals surface area contributed by atoms with Crippen LogP contribution in [0.25, 0.3) is 22.4 Å². The van der Waals surface area contributed by atoms with E-state index in [2.05, 4.69) is 16.4 Å². The first-order valence-electron chi connectivity index (χ1n) is 10.2. The van der Waals surface area contributed by atoms with Crippen molar-refractivity contribution in [3.8, 4) is 40.0 Å². The first-order chi connectivity index (χ1) is 16.6. The Morgan fingerprint density at radius 3 is 2.26 bits per heavy atom. The number of benzene rings is 2. The predicted octanol–water partition coefficient (Wildman–Crippen LogP) is 5.49. The highest BCUT2D eigenvalue weighted by atomic mass is 32.2. The van der Waals surface area contributed by atoms with Gasteiger partial charge in [-0.3, -0.25) is 4.79 Å². The second-order valence-electron chi connectivity index (χ2n) is 6.98. The van der Waals surface area contributed by atoms with Gasteiger partial charge in [-0.15, -0.1) is 11.3 Å². The van der Waals surface area contributed by atoms with Gasteiger partial charge in [-0.25, -0.2) is 9.97 Å². The number of carbonyl (C=O) groups excluding carboxylic acids is 1. The van der Waals surface area contributed by atoms with Crippen molar-refractivity contribution in [2.45, 2.75) is 5.03 Å². The molecule has 0 saturated carbocycles. The Labute approximate surface area is 205 Å². The molecule has 170 valence electrons. The molecule has 2 heterocycles. The van der Waals surface area contributed by atoms with Crippen molar-refractivity contribution in [3.63, 3.8) is 0 Å². The largest absolute Gasteiger partial charge is 0.497 e. The van der Waals surface area contributed by atoms with Gasteiger partial charge < -0.3 is 14.8 Å². The zero-order valence-corrected chi connectivity index (χ0v) is 20.1. The summed E-state index contributed by atoms with van der Waals surface area (Å²) in [6.07, 6.45) is 1.63. The molecule has 0 aliphatic rings. The number of thiazole rings is 1. The Hall–Kier alpha value is -3.87. The Kier molecular flexibility index (Phi) is 7.42. The van der Waals surface area contributed by atoms with Crippen LogP contribution in [0, 0.1) is 11.3 Å². The zero-order chi connectivity index (χ0) is 23.9. The van der Waals surface area contributed by atoms with Crippen molar-refractivity contribution >= 4 is 34.1 Å². The van der Waals surface area contributed by atoms with Gasteiger partial charge in [-0.1, -0.05) is 23.9 Å². The van der Waals surface area contributed by atoms with Gasteiger partial charge >= 0.3 is 0 Å². The van der Waals surface area contributed by atoms with Crippen LogP contribution in [-0.2, 0) is 4.79 Å². The topological polar surface area (TPSA) is 97.1 Å². The van der Waals surface area contributed by atoms with Crippen molar-refractivity contribution in [2.75, 3.05) is 25.3 Å². The number of thioether (sulfide) groups is 1. The highest BCUT2D eigenvalue weighted by molar-refractivity contribution is 8.00. The van der Waals surface area contributed by atoms with E-state index in [-0.39, 0.29) is 11.7 Å². The molecule has 0 spiro atoms. The highest BCUT2D eigenvalue weighted by Crippen LogP contribution is 2.35. The third-order valence-electron chi connectivity index (χ3n) is 4.90. The molecule has 0 radical (unpaired) electrons. The number of anilines is 1. The molecule has 0 bridgehead atoms. The number of aromatic nitrogens is 2. The molecule has 0 atom stereocenters. The molecular formula is C25H20N4O3S2. The van der Waals surface area contributed by atoms with Crippen molar-refractivity contribution in [1.82, 2.24) is 9.97 Å². The third kappa shape index (κ3) is 5.36. The van der Waals surface area contributed by atoms with Gasteiger partial charge in [-0.2, -0.15) is 5.26 Å². The molecule has 9 heteroatoms. The lowest BCUT2D eigenvalue weighted by molar-refractivity contribution is -0.113. The van der Waals surface area contributed by atoms with Crippen molar-refractivity contribution in [2.24, 2.45) is 0 Å². The van der Waals surface area contributed by atoms with E-state index in [1.807, 2.05) is 54.6 Å². The van der Waals surface area contributed by atoms with Gasteiger partial charge in [0.05, 0.1) is 31.2 Å². The molecule has 0 aliphatic carbocycles. The summed E-state index contributed by atoms with van der Waals surface area (Å²) in [4.78, 5) is 21.2. The van der Waals surface area contributed by atoms with Crippen molar-refractivity contribution < 1.29 is 14.3 Å². The van der Waals surface area contributed by atoms with Crippen LogP contribution in [0.3, 0.4) is 0 Å². The lowest BCUT2D eigenvalue weighted by Crippen LogP contribution is -2.14. The first kappa shape index (κ1) is 23.3. The molecule has 1 amide bonds. The smallest absolute Gasteiger partial charge is 0.236 e. The van der Waals surface area contributed by atoms with E-state index in [1.54, 1.807) is 25.8 Å². The number of ether oxygens (including phenoxy) is 2. The molecule has 0 aliphatic heterocycles. The maximum Gasteiger partial charge on any atom is 0.236 e. The summed E-state index contributed by atoms with van der Waals surface area (Å²) in [5.74, 6) is 1.34. The number of methoxy groups -OCH3 is 2. The van der Waals surface area contributed by atoms with E-state index in [4.69, 9.17) is 14.5 Å². The fourth-order valence-electron chi connectivity index (χ4n) is 3.22. The lowest BCUT2D eigenvalue weighted by Gasteiger charge is -2.13. The number of rotatable bonds is 8. The lowest BCUT2D eigenvalue weighted by atomic mass is 9.99. The van der Waals surface area contributed by atoms with Crippen LogP contribution in [0.4, 0.5) is 5.13 Å². The Morgan fingerprint density at radius 2 is 1.71 bits per heavy atom. The summed E-state index contributed by atoms with van der Waals surface area (Å²) >= 11 is 2.56. The van der Waals surface area contributed by atoms with Crippen LogP contribution in [0.5, 0.6) is 11.5 Å². The Bertz CT molecular complexity index is 1320. The number of nitrogens with zero attached hydrogens (tertiary/aromatic N) is 3. The van der Waals surface area contributed by atoms with Gasteiger partial charge in [0, 0.05) is 22.7 Å². The summed E-state index contributed by atoms with van der Waals surface area (Å²) < 4.78 is 10.5. The number of hydrogen-bond acceptors (Lipinski definition) is 8. The van der Waals surface area contributed by atoms with E-state index in [9.17, 15) is 10.1 Å². The van der Waals surface area contributed by atoms with Crippen molar-refractivity contribution in [1.29, 1.82) is 5.26 Å². The monoisotopic (exact) mass is 488 g/mol. The van der Waals surface area contributed by atoms with E-state index < -0.39 is 0 Å². The molecule has 1 N–H and O–H groups in total. The standard InChI is InChI=1S/C25H20N4O3S2/c1-31-18-7-3-16(4-8-18)20-13-22(17-5-9-19(32-2)10-6-17)28-24(21(20)14-26)34-15-23(30)29-25-27-11-12-33-25/h3-13H,15H2,1-2H3,(H,27,29,30). The molecule has 34 heavy (non-hydrogen) atoms. The summed E-state index contributed by atoms with van der Waals surface area (Å²) in [6, 6.07) is 19.2. The minimum absolute atomic E-state index is 0.0926. The minimum Gasteiger partial charge on any atom is -0.497 e. The maximum absolute atomic E-state index is 12.4. The zero-order valence-electron chi connectivity index (χ0n) is 18.4. The number of carbonyl (C=O) groups is 1. The van der Waals surface area contributed by atoms with Crippen LogP contribution in [0.15, 0.2) is 71.2 Å². The molecule has 2 aromatic heterocycles. The predicted molar refractivity (Wildman–Crippen MR) is 134 cm³/mol. The van der Waals surface area contributed by atoms with Crippen LogP contribution in [-0.4, -0.2) is 35.8 Å². The van der Waals surface area contributed by atoms with E-state index >= 15 is 0 Å². The molecule has 4 aromatic rings. The fourth-order valence-corrected chi connectivity index (χ4v) is 4.56. The minimum atomic E-state index is -0.216. The first-order valence-corrected chi connectivity index (χ1v) is 12.0. The average Bonchev–Trinajstić information content (AvgIpc) is 3.40. The highest BCUT2D eigenvalue weighted by Gasteiger charge is 2.17. The number of amides is 1. The molecule has 7 nitrogen and oxygen atoms in total. The van der Waals surface area contributed by atoms with E-state index in [0.29, 0.717) is 21.4 Å². The van der Waals surface area contributed by atoms with Gasteiger partial charge in [0.2, 0.25) is 5.91 Å². The quantitative estimate of drug-likeness (QED) is 0.327. The van der Waals surface area contributed by atoms with Crippen LogP contribution in [0.1, 0.15) is 5.56 Å². The second kappa shape index (κ2) is 10.8. The van der Waals surface area contributed by atoms with Gasteiger partial charge in [-0.05, 0) is 48.0 Å². The Balaban J connectivity index is 1.72. The molecule has 0 fully saturated rings. The molecule has 2 aromatic carbocycles. The number of hydrogen-bond donors (Lipinski definition) is 1. The normalized spacial score (nSPS) is 10.4. The maximum atomic E-state index is 12.4. The fraction of sp³-hybridized carbons (Fsp3) is 0.120. The van der Waals surface area contributed by atoms with Gasteiger partial charge in [0.15, 0.2) is 5.13 Å². The molecular weight excluding hydrogens is 468 g/mol. The number of nitriles is 1. The number of nitrogens with one attached hydrogen (secondary N) is 1. The van der Waals surface area contributed by atoms with E-state index in [1.165, 1.54) is 23.1 Å². The second-order valence-corrected chi connectivity index (χ2v) is 8.84. The summed E-state index contributed by atoms with van der Waals surface area (Å²) in [5.41, 5.74) is 3.55. The summed E-state index contributed by atoms with van der Waals surface area (Å²) in [7, 11) is 3.22. The van der Waals surface area contributed by atoms with Crippen molar-refractivity contribution in [3.05, 3.63) is 71.7 Å². The summed E-state index contributed by atoms with van der Waals surface area (Å²) in [5, 5.41) is 15.6. The third-order valence-corrected chi connectivity index (χ3v) is 6.57. The molecule has 4 rings (SSSR count).